The molecule has 1 saturated heterocycles. The highest BCUT2D eigenvalue weighted by atomic mass is 19.1. The molecular weight excluding hydrogens is 225 g/mol. The van der Waals surface area contributed by atoms with Crippen molar-refractivity contribution in [2.45, 2.75) is 44.9 Å². The lowest BCUT2D eigenvalue weighted by atomic mass is 9.97. The van der Waals surface area contributed by atoms with Gasteiger partial charge < -0.3 is 9.64 Å². The number of alkyl halides is 1. The van der Waals surface area contributed by atoms with Crippen LogP contribution in [0.4, 0.5) is 9.18 Å². The number of amides is 1. The molecule has 0 aromatic heterocycles. The van der Waals surface area contributed by atoms with E-state index in [0.29, 0.717) is 0 Å². The second-order valence-corrected chi connectivity index (χ2v) is 6.01. The van der Waals surface area contributed by atoms with Crippen LogP contribution >= 0.6 is 0 Å². The average Bonchev–Trinajstić information content (AvgIpc) is 2.51. The second-order valence-electron chi connectivity index (χ2n) is 6.01. The number of halogens is 1. The number of nitrogens with zero attached hydrogens (tertiary/aromatic N) is 1. The molecule has 2 fully saturated rings. The summed E-state index contributed by atoms with van der Waals surface area (Å²) in [6, 6.07) is 0. The van der Waals surface area contributed by atoms with Gasteiger partial charge in [-0.2, -0.15) is 0 Å². The Morgan fingerprint density at radius 2 is 2.18 bits per heavy atom. The Bertz CT molecular complexity index is 363. The lowest BCUT2D eigenvalue weighted by molar-refractivity contribution is -0.118. The highest BCUT2D eigenvalue weighted by Gasteiger charge is 2.55. The number of ketones is 1. The molecule has 1 amide bonds. The number of Topliss-reactive ketones (excluding diaryl/α,β-unsaturated/α-hetero) is 1. The van der Waals surface area contributed by atoms with E-state index in [1.807, 2.05) is 0 Å². The monoisotopic (exact) mass is 243 g/mol. The van der Waals surface area contributed by atoms with Crippen molar-refractivity contribution in [3.63, 3.8) is 0 Å². The highest BCUT2D eigenvalue weighted by Crippen LogP contribution is 2.43. The standard InChI is InChI=1S/C12H18FNO3/c1-11(2,3)17-10(16)14-6-8-4-9(15)5-12(8,13)7-14/h8H,4-7H2,1-3H3. The largest absolute Gasteiger partial charge is 0.444 e. The van der Waals surface area contributed by atoms with Crippen LogP contribution in [-0.4, -0.2) is 41.1 Å². The van der Waals surface area contributed by atoms with Gasteiger partial charge in [-0.05, 0) is 20.8 Å². The van der Waals surface area contributed by atoms with Crippen LogP contribution in [0.3, 0.4) is 0 Å². The normalized spacial score (nSPS) is 32.8. The fourth-order valence-corrected chi connectivity index (χ4v) is 2.53. The highest BCUT2D eigenvalue weighted by molar-refractivity contribution is 5.83. The lowest BCUT2D eigenvalue weighted by Crippen LogP contribution is -2.37. The minimum atomic E-state index is -1.52. The molecule has 17 heavy (non-hydrogen) atoms. The van der Waals surface area contributed by atoms with Gasteiger partial charge >= 0.3 is 6.09 Å². The number of ether oxygens (including phenoxy) is 1. The van der Waals surface area contributed by atoms with Crippen LogP contribution in [0.5, 0.6) is 0 Å². The summed E-state index contributed by atoms with van der Waals surface area (Å²) in [5, 5.41) is 0. The Hall–Kier alpha value is -1.13. The van der Waals surface area contributed by atoms with Gasteiger partial charge in [0.15, 0.2) is 0 Å². The molecule has 1 aliphatic heterocycles. The summed E-state index contributed by atoms with van der Waals surface area (Å²) in [5.74, 6) is -0.385. The number of rotatable bonds is 0. The van der Waals surface area contributed by atoms with Gasteiger partial charge in [0.2, 0.25) is 0 Å². The van der Waals surface area contributed by atoms with Crippen LogP contribution in [0.25, 0.3) is 0 Å². The number of carbonyl (C=O) groups excluding carboxylic acids is 2. The fourth-order valence-electron chi connectivity index (χ4n) is 2.53. The van der Waals surface area contributed by atoms with E-state index >= 15 is 0 Å². The van der Waals surface area contributed by atoms with Gasteiger partial charge in [0.1, 0.15) is 17.1 Å². The van der Waals surface area contributed by atoms with E-state index in [-0.39, 0.29) is 37.6 Å². The minimum absolute atomic E-state index is 0.0156. The molecule has 4 nitrogen and oxygen atoms in total. The average molecular weight is 243 g/mol. The fraction of sp³-hybridized carbons (Fsp3) is 0.833. The predicted molar refractivity (Wildman–Crippen MR) is 59.4 cm³/mol. The first-order chi connectivity index (χ1) is 7.70. The third kappa shape index (κ3) is 2.42. The molecule has 0 radical (unpaired) electrons. The van der Waals surface area contributed by atoms with E-state index in [4.69, 9.17) is 4.74 Å². The summed E-state index contributed by atoms with van der Waals surface area (Å²) in [4.78, 5) is 24.3. The van der Waals surface area contributed by atoms with Gasteiger partial charge in [0, 0.05) is 25.3 Å². The van der Waals surface area contributed by atoms with Gasteiger partial charge in [-0.25, -0.2) is 9.18 Å². The molecule has 2 rings (SSSR count). The Morgan fingerprint density at radius 1 is 1.53 bits per heavy atom. The van der Waals surface area contributed by atoms with Gasteiger partial charge in [0.25, 0.3) is 0 Å². The molecule has 2 atom stereocenters. The third-order valence-electron chi connectivity index (χ3n) is 3.24. The summed E-state index contributed by atoms with van der Waals surface area (Å²) < 4.78 is 19.5. The smallest absolute Gasteiger partial charge is 0.410 e. The zero-order valence-corrected chi connectivity index (χ0v) is 10.5. The molecule has 0 aromatic carbocycles. The maximum Gasteiger partial charge on any atom is 0.410 e. The van der Waals surface area contributed by atoms with Crippen LogP contribution in [0.15, 0.2) is 0 Å². The quantitative estimate of drug-likeness (QED) is 0.653. The van der Waals surface area contributed by atoms with Crippen LogP contribution < -0.4 is 0 Å². The van der Waals surface area contributed by atoms with Gasteiger partial charge in [-0.3, -0.25) is 4.79 Å². The zero-order chi connectivity index (χ0) is 12.8. The molecule has 1 heterocycles. The molecule has 2 aliphatic rings. The van der Waals surface area contributed by atoms with Crippen molar-refractivity contribution < 1.29 is 18.7 Å². The molecule has 0 N–H and O–H groups in total. The zero-order valence-electron chi connectivity index (χ0n) is 10.5. The van der Waals surface area contributed by atoms with Crippen molar-refractivity contribution in [3.05, 3.63) is 0 Å². The first-order valence-corrected chi connectivity index (χ1v) is 5.88. The minimum Gasteiger partial charge on any atom is -0.444 e. The molecule has 96 valence electrons. The van der Waals surface area contributed by atoms with Crippen molar-refractivity contribution in [2.75, 3.05) is 13.1 Å². The Balaban J connectivity index is 2.00. The van der Waals surface area contributed by atoms with E-state index < -0.39 is 17.4 Å². The van der Waals surface area contributed by atoms with E-state index in [1.54, 1.807) is 20.8 Å². The third-order valence-corrected chi connectivity index (χ3v) is 3.24. The molecule has 5 heteroatoms. The Morgan fingerprint density at radius 3 is 2.71 bits per heavy atom. The molecule has 0 spiro atoms. The van der Waals surface area contributed by atoms with Gasteiger partial charge in [-0.1, -0.05) is 0 Å². The van der Waals surface area contributed by atoms with E-state index in [0.717, 1.165) is 0 Å². The SMILES string of the molecule is CC(C)(C)OC(=O)N1CC2CC(=O)CC2(F)C1. The van der Waals surface area contributed by atoms with Crippen molar-refractivity contribution in [2.24, 2.45) is 5.92 Å². The topological polar surface area (TPSA) is 46.6 Å². The summed E-state index contributed by atoms with van der Waals surface area (Å²) in [6.45, 7) is 5.60. The van der Waals surface area contributed by atoms with Gasteiger partial charge in [-0.15, -0.1) is 0 Å². The first kappa shape index (κ1) is 12.3. The van der Waals surface area contributed by atoms with Crippen LogP contribution in [0.2, 0.25) is 0 Å². The molecule has 0 aromatic rings. The number of fused-ring (bicyclic) bond motifs is 1. The second kappa shape index (κ2) is 3.68. The maximum atomic E-state index is 14.3. The van der Waals surface area contributed by atoms with E-state index in [2.05, 4.69) is 0 Å². The number of hydrogen-bond acceptors (Lipinski definition) is 3. The number of hydrogen-bond donors (Lipinski definition) is 0. The van der Waals surface area contributed by atoms with Gasteiger partial charge in [0.05, 0.1) is 6.54 Å². The molecular formula is C12H18FNO3. The van der Waals surface area contributed by atoms with Crippen LogP contribution in [-0.2, 0) is 9.53 Å². The maximum absolute atomic E-state index is 14.3. The molecule has 1 aliphatic carbocycles. The number of carbonyl (C=O) groups is 2. The van der Waals surface area contributed by atoms with Crippen LogP contribution in [0, 0.1) is 5.92 Å². The first-order valence-electron chi connectivity index (χ1n) is 5.88. The summed E-state index contributed by atoms with van der Waals surface area (Å²) in [5.41, 5.74) is -2.10. The Kier molecular flexibility index (Phi) is 2.67. The lowest BCUT2D eigenvalue weighted by Gasteiger charge is -2.25. The summed E-state index contributed by atoms with van der Waals surface area (Å²) in [6.07, 6.45) is -0.302. The van der Waals surface area contributed by atoms with Crippen molar-refractivity contribution in [1.29, 1.82) is 0 Å². The molecule has 2 unspecified atom stereocenters. The van der Waals surface area contributed by atoms with Crippen molar-refractivity contribution in [3.8, 4) is 0 Å². The van der Waals surface area contributed by atoms with Crippen LogP contribution in [0.1, 0.15) is 33.6 Å². The van der Waals surface area contributed by atoms with E-state index in [1.165, 1.54) is 4.90 Å². The molecule has 0 bridgehead atoms. The summed E-state index contributed by atoms with van der Waals surface area (Å²) >= 11 is 0. The van der Waals surface area contributed by atoms with Crippen molar-refractivity contribution in [1.82, 2.24) is 4.90 Å². The Labute approximate surface area is 100 Å². The predicted octanol–water partition coefficient (Wildman–Crippen LogP) is 1.92. The van der Waals surface area contributed by atoms with E-state index in [9.17, 15) is 14.0 Å². The summed E-state index contributed by atoms with van der Waals surface area (Å²) in [7, 11) is 0. The van der Waals surface area contributed by atoms with Crippen molar-refractivity contribution >= 4 is 11.9 Å². The molecule has 1 saturated carbocycles. The number of likely N-dealkylation sites (tertiary alicyclic amines) is 1.